The van der Waals surface area contributed by atoms with Crippen molar-refractivity contribution in [1.82, 2.24) is 10.6 Å². The van der Waals surface area contributed by atoms with Crippen molar-refractivity contribution < 1.29 is 4.74 Å². The molecule has 4 nitrogen and oxygen atoms in total. The highest BCUT2D eigenvalue weighted by Crippen LogP contribution is 2.30. The molecule has 1 saturated carbocycles. The summed E-state index contributed by atoms with van der Waals surface area (Å²) < 4.78 is 5.31. The summed E-state index contributed by atoms with van der Waals surface area (Å²) in [6.07, 6.45) is 7.49. The Morgan fingerprint density at radius 3 is 2.83 bits per heavy atom. The molecule has 1 aromatic rings. The molecule has 1 aliphatic carbocycles. The molecule has 5 heteroatoms. The Morgan fingerprint density at radius 1 is 1.22 bits per heavy atom. The van der Waals surface area contributed by atoms with Crippen molar-refractivity contribution in [3.8, 4) is 5.75 Å². The lowest BCUT2D eigenvalue weighted by Gasteiger charge is -2.38. The van der Waals surface area contributed by atoms with Crippen molar-refractivity contribution in [2.75, 3.05) is 20.2 Å². The van der Waals surface area contributed by atoms with Gasteiger partial charge in [0.05, 0.1) is 12.6 Å². The largest absolute Gasteiger partial charge is 0.497 e. The first kappa shape index (κ1) is 18.1. The van der Waals surface area contributed by atoms with E-state index in [2.05, 4.69) is 22.8 Å². The first-order valence-electron chi connectivity index (χ1n) is 8.49. The average Bonchev–Trinajstić information content (AvgIpc) is 2.76. The second kappa shape index (κ2) is 8.55. The van der Waals surface area contributed by atoms with Crippen molar-refractivity contribution in [2.45, 2.75) is 50.6 Å². The van der Waals surface area contributed by atoms with Gasteiger partial charge in [-0.3, -0.25) is 4.99 Å². The topological polar surface area (TPSA) is 45.6 Å². The summed E-state index contributed by atoms with van der Waals surface area (Å²) in [5, 5.41) is 7.41. The fraction of sp³-hybridized carbons (Fsp3) is 0.611. The zero-order valence-corrected chi connectivity index (χ0v) is 14.8. The third-order valence-corrected chi connectivity index (χ3v) is 4.82. The molecule has 23 heavy (non-hydrogen) atoms. The highest BCUT2D eigenvalue weighted by atomic mass is 35.5. The van der Waals surface area contributed by atoms with Crippen LogP contribution in [-0.2, 0) is 6.54 Å². The quantitative estimate of drug-likeness (QED) is 0.889. The Balaban J connectivity index is 0.00000192. The van der Waals surface area contributed by atoms with Crippen LogP contribution < -0.4 is 15.4 Å². The van der Waals surface area contributed by atoms with Crippen LogP contribution in [0.1, 0.15) is 44.1 Å². The summed E-state index contributed by atoms with van der Waals surface area (Å²) in [5.41, 5.74) is 1.32. The lowest BCUT2D eigenvalue weighted by Crippen LogP contribution is -2.57. The smallest absolute Gasteiger partial charge is 0.119 e. The van der Waals surface area contributed by atoms with Crippen LogP contribution in [0.15, 0.2) is 29.3 Å². The molecular formula is C18H28ClN3O. The Bertz CT molecular complexity index is 527. The molecule has 0 radical (unpaired) electrons. The molecule has 0 saturated heterocycles. The number of hydrogen-bond acceptors (Lipinski definition) is 4. The minimum atomic E-state index is 0. The van der Waals surface area contributed by atoms with E-state index in [1.807, 2.05) is 12.1 Å². The zero-order valence-electron chi connectivity index (χ0n) is 13.9. The maximum absolute atomic E-state index is 5.31. The van der Waals surface area contributed by atoms with Gasteiger partial charge in [0, 0.05) is 13.1 Å². The summed E-state index contributed by atoms with van der Waals surface area (Å²) in [4.78, 5) is 4.87. The van der Waals surface area contributed by atoms with Gasteiger partial charge in [-0.15, -0.1) is 12.4 Å². The lowest BCUT2D eigenvalue weighted by molar-refractivity contribution is 0.310. The van der Waals surface area contributed by atoms with Crippen LogP contribution in [0, 0.1) is 0 Å². The predicted molar refractivity (Wildman–Crippen MR) is 97.8 cm³/mol. The van der Waals surface area contributed by atoms with E-state index < -0.39 is 0 Å². The van der Waals surface area contributed by atoms with Crippen LogP contribution in [-0.4, -0.2) is 31.6 Å². The van der Waals surface area contributed by atoms with Gasteiger partial charge >= 0.3 is 0 Å². The molecule has 0 amide bonds. The molecule has 128 valence electrons. The number of hydrogen-bond donors (Lipinski definition) is 2. The minimum absolute atomic E-state index is 0. The van der Waals surface area contributed by atoms with Crippen LogP contribution in [0.25, 0.3) is 0 Å². The predicted octanol–water partition coefficient (Wildman–Crippen LogP) is 3.30. The summed E-state index contributed by atoms with van der Waals surface area (Å²) in [6.45, 7) is 2.81. The van der Waals surface area contributed by atoms with Gasteiger partial charge < -0.3 is 15.4 Å². The van der Waals surface area contributed by atoms with Crippen molar-refractivity contribution in [1.29, 1.82) is 0 Å². The molecule has 3 rings (SSSR count). The van der Waals surface area contributed by atoms with Gasteiger partial charge in [0.15, 0.2) is 0 Å². The third-order valence-electron chi connectivity index (χ3n) is 4.82. The van der Waals surface area contributed by atoms with Crippen molar-refractivity contribution in [2.24, 2.45) is 4.99 Å². The van der Waals surface area contributed by atoms with Crippen molar-refractivity contribution >= 4 is 18.2 Å². The molecule has 1 heterocycles. The first-order valence-corrected chi connectivity index (χ1v) is 8.49. The van der Waals surface area contributed by atoms with Gasteiger partial charge in [-0.05, 0) is 43.5 Å². The summed E-state index contributed by atoms with van der Waals surface area (Å²) in [7, 11) is 1.71. The number of rotatable bonds is 3. The van der Waals surface area contributed by atoms with E-state index in [9.17, 15) is 0 Å². The van der Waals surface area contributed by atoms with Gasteiger partial charge in [0.25, 0.3) is 0 Å². The molecule has 0 aromatic heterocycles. The van der Waals surface area contributed by atoms with Crippen LogP contribution >= 0.6 is 12.4 Å². The fourth-order valence-electron chi connectivity index (χ4n) is 3.59. The highest BCUT2D eigenvalue weighted by molar-refractivity contribution is 5.92. The molecule has 1 fully saturated rings. The number of nitrogens with one attached hydrogen (secondary N) is 2. The average molecular weight is 338 g/mol. The minimum Gasteiger partial charge on any atom is -0.497 e. The van der Waals surface area contributed by atoms with Gasteiger partial charge in [-0.1, -0.05) is 31.4 Å². The number of benzene rings is 1. The van der Waals surface area contributed by atoms with E-state index in [1.54, 1.807) is 7.11 Å². The number of halogens is 1. The van der Waals surface area contributed by atoms with Crippen molar-refractivity contribution in [3.63, 3.8) is 0 Å². The number of ether oxygens (including phenoxy) is 1. The molecular weight excluding hydrogens is 310 g/mol. The number of methoxy groups -OCH3 is 1. The van der Waals surface area contributed by atoms with E-state index in [1.165, 1.54) is 43.5 Å². The maximum Gasteiger partial charge on any atom is 0.119 e. The van der Waals surface area contributed by atoms with Gasteiger partial charge in [0.2, 0.25) is 0 Å². The molecule has 2 N–H and O–H groups in total. The molecule has 1 spiro atoms. The third kappa shape index (κ3) is 4.39. The van der Waals surface area contributed by atoms with Gasteiger partial charge in [-0.2, -0.15) is 0 Å². The molecule has 1 aliphatic heterocycles. The van der Waals surface area contributed by atoms with E-state index in [0.717, 1.165) is 31.8 Å². The number of aliphatic imine (C=N–C) groups is 1. The molecule has 1 aromatic carbocycles. The molecule has 0 atom stereocenters. The Kier molecular flexibility index (Phi) is 6.72. The van der Waals surface area contributed by atoms with E-state index in [0.29, 0.717) is 0 Å². The van der Waals surface area contributed by atoms with Crippen LogP contribution in [0.3, 0.4) is 0 Å². The van der Waals surface area contributed by atoms with Crippen LogP contribution in [0.2, 0.25) is 0 Å². The normalized spacial score (nSPS) is 20.1. The second-order valence-corrected chi connectivity index (χ2v) is 6.36. The molecule has 0 bridgehead atoms. The standard InChI is InChI=1S/C18H27N3O.ClH/c1-22-16-8-5-7-15(13-16)14-20-17-18(9-3-2-4-10-18)21-12-6-11-19-17;/h5,7-8,13,21H,2-4,6,9-12,14H2,1H3,(H,19,20);1H. The first-order chi connectivity index (χ1) is 10.8. The summed E-state index contributed by atoms with van der Waals surface area (Å²) in [6, 6.07) is 8.25. The zero-order chi connectivity index (χ0) is 15.3. The fourth-order valence-corrected chi connectivity index (χ4v) is 3.59. The number of amidine groups is 1. The molecule has 2 aliphatic rings. The van der Waals surface area contributed by atoms with E-state index in [-0.39, 0.29) is 17.9 Å². The van der Waals surface area contributed by atoms with Gasteiger partial charge in [0.1, 0.15) is 11.6 Å². The SMILES string of the molecule is COc1cccc(CNC2=NCCCNC23CCCCC3)c1.Cl. The summed E-state index contributed by atoms with van der Waals surface area (Å²) in [5.74, 6) is 2.08. The molecule has 0 unspecified atom stereocenters. The Labute approximate surface area is 145 Å². The van der Waals surface area contributed by atoms with Crippen LogP contribution in [0.4, 0.5) is 0 Å². The van der Waals surface area contributed by atoms with E-state index >= 15 is 0 Å². The summed E-state index contributed by atoms with van der Waals surface area (Å²) >= 11 is 0. The maximum atomic E-state index is 5.31. The monoisotopic (exact) mass is 337 g/mol. The lowest BCUT2D eigenvalue weighted by atomic mass is 9.80. The van der Waals surface area contributed by atoms with Crippen molar-refractivity contribution in [3.05, 3.63) is 29.8 Å². The van der Waals surface area contributed by atoms with Gasteiger partial charge in [-0.25, -0.2) is 0 Å². The second-order valence-electron chi connectivity index (χ2n) is 6.36. The van der Waals surface area contributed by atoms with Crippen LogP contribution in [0.5, 0.6) is 5.75 Å². The number of nitrogens with zero attached hydrogens (tertiary/aromatic N) is 1. The Morgan fingerprint density at radius 2 is 2.04 bits per heavy atom. The highest BCUT2D eigenvalue weighted by Gasteiger charge is 2.37. The van der Waals surface area contributed by atoms with E-state index in [4.69, 9.17) is 9.73 Å². The Hall–Kier alpha value is -1.26.